The molecule has 23 heavy (non-hydrogen) atoms. The maximum atomic E-state index is 12.6. The number of imidazole rings is 1. The first-order valence-corrected chi connectivity index (χ1v) is 7.91. The van der Waals surface area contributed by atoms with Crippen LogP contribution in [-0.4, -0.2) is 56.9 Å². The molecule has 0 saturated carbocycles. The predicted octanol–water partition coefficient (Wildman–Crippen LogP) is 1.18. The van der Waals surface area contributed by atoms with Gasteiger partial charge in [0.25, 0.3) is 0 Å². The highest BCUT2D eigenvalue weighted by atomic mass is 16.2. The molecule has 1 fully saturated rings. The van der Waals surface area contributed by atoms with Gasteiger partial charge in [-0.1, -0.05) is 6.07 Å². The monoisotopic (exact) mass is 313 g/mol. The number of carbonyl (C=O) groups is 1. The van der Waals surface area contributed by atoms with E-state index in [2.05, 4.69) is 21.9 Å². The minimum atomic E-state index is 0.142. The Morgan fingerprint density at radius 3 is 2.74 bits per heavy atom. The molecule has 2 aromatic rings. The van der Waals surface area contributed by atoms with Crippen LogP contribution in [0, 0.1) is 6.92 Å². The second-order valence-electron chi connectivity index (χ2n) is 6.22. The van der Waals surface area contributed by atoms with Crippen molar-refractivity contribution in [2.45, 2.75) is 19.4 Å². The van der Waals surface area contributed by atoms with E-state index in [1.165, 1.54) is 0 Å². The van der Waals surface area contributed by atoms with E-state index in [9.17, 15) is 4.79 Å². The van der Waals surface area contributed by atoms with E-state index in [1.807, 2.05) is 48.0 Å². The Hall–Kier alpha value is -2.21. The van der Waals surface area contributed by atoms with E-state index < -0.39 is 0 Å². The molecule has 1 atom stereocenters. The van der Waals surface area contributed by atoms with E-state index in [0.717, 1.165) is 30.2 Å². The smallest absolute Gasteiger partial charge is 0.227 e. The number of carbonyl (C=O) groups excluding carboxylic acids is 1. The van der Waals surface area contributed by atoms with Crippen LogP contribution in [0.2, 0.25) is 0 Å². The second-order valence-corrected chi connectivity index (χ2v) is 6.22. The standard InChI is InChI=1S/C17H23N5O/c1-13-4-5-14(11-19-13)10-16(23)22-9-8-20(2)15(12-22)17-18-6-7-21(17)3/h4-7,11,15H,8-10,12H2,1-3H3/t15-/m0/s1. The molecule has 0 N–H and O–H groups in total. The van der Waals surface area contributed by atoms with Gasteiger partial charge in [-0.3, -0.25) is 14.7 Å². The lowest BCUT2D eigenvalue weighted by molar-refractivity contribution is -0.133. The lowest BCUT2D eigenvalue weighted by Crippen LogP contribution is -2.50. The van der Waals surface area contributed by atoms with Crippen molar-refractivity contribution in [3.05, 3.63) is 47.8 Å². The van der Waals surface area contributed by atoms with Crippen molar-refractivity contribution < 1.29 is 4.79 Å². The molecule has 0 unspecified atom stereocenters. The number of hydrogen-bond acceptors (Lipinski definition) is 4. The van der Waals surface area contributed by atoms with Gasteiger partial charge in [-0.25, -0.2) is 4.98 Å². The summed E-state index contributed by atoms with van der Waals surface area (Å²) in [5, 5.41) is 0. The van der Waals surface area contributed by atoms with Crippen molar-refractivity contribution in [3.63, 3.8) is 0 Å². The third-order valence-corrected chi connectivity index (χ3v) is 4.49. The van der Waals surface area contributed by atoms with E-state index in [1.54, 1.807) is 6.20 Å². The quantitative estimate of drug-likeness (QED) is 0.854. The highest BCUT2D eigenvalue weighted by molar-refractivity contribution is 5.78. The zero-order chi connectivity index (χ0) is 16.4. The summed E-state index contributed by atoms with van der Waals surface area (Å²) in [5.74, 6) is 1.16. The number of likely N-dealkylation sites (N-methyl/N-ethyl adjacent to an activating group) is 1. The molecule has 6 heteroatoms. The molecule has 2 aromatic heterocycles. The minimum absolute atomic E-state index is 0.142. The van der Waals surface area contributed by atoms with E-state index in [0.29, 0.717) is 13.0 Å². The maximum Gasteiger partial charge on any atom is 0.227 e. The summed E-state index contributed by atoms with van der Waals surface area (Å²) >= 11 is 0. The normalized spacial score (nSPS) is 19.1. The van der Waals surface area contributed by atoms with Crippen LogP contribution in [0.3, 0.4) is 0 Å². The van der Waals surface area contributed by atoms with Crippen LogP contribution in [-0.2, 0) is 18.3 Å². The minimum Gasteiger partial charge on any atom is -0.339 e. The summed E-state index contributed by atoms with van der Waals surface area (Å²) in [6, 6.07) is 4.07. The number of nitrogens with zero attached hydrogens (tertiary/aromatic N) is 5. The molecule has 1 aliphatic heterocycles. The van der Waals surface area contributed by atoms with E-state index in [-0.39, 0.29) is 11.9 Å². The van der Waals surface area contributed by atoms with Crippen LogP contribution in [0.5, 0.6) is 0 Å². The van der Waals surface area contributed by atoms with Gasteiger partial charge in [0.15, 0.2) is 0 Å². The number of pyridine rings is 1. The number of piperazine rings is 1. The zero-order valence-corrected chi connectivity index (χ0v) is 13.9. The molecule has 1 saturated heterocycles. The average molecular weight is 313 g/mol. The molecule has 3 rings (SSSR count). The van der Waals surface area contributed by atoms with Gasteiger partial charge in [-0.15, -0.1) is 0 Å². The molecule has 1 aliphatic rings. The van der Waals surface area contributed by atoms with Gasteiger partial charge in [0.1, 0.15) is 5.82 Å². The topological polar surface area (TPSA) is 54.3 Å². The molecular formula is C17H23N5O. The number of rotatable bonds is 3. The fraction of sp³-hybridized carbons (Fsp3) is 0.471. The average Bonchev–Trinajstić information content (AvgIpc) is 2.96. The SMILES string of the molecule is Cc1ccc(CC(=O)N2CCN(C)[C@H](c3nccn3C)C2)cn1. The van der Waals surface area contributed by atoms with Crippen molar-refractivity contribution in [1.29, 1.82) is 0 Å². The van der Waals surface area contributed by atoms with Gasteiger partial charge in [-0.05, 0) is 25.6 Å². The van der Waals surface area contributed by atoms with Gasteiger partial charge in [0, 0.05) is 51.0 Å². The largest absolute Gasteiger partial charge is 0.339 e. The molecule has 0 aromatic carbocycles. The highest BCUT2D eigenvalue weighted by Gasteiger charge is 2.30. The first-order chi connectivity index (χ1) is 11.0. The lowest BCUT2D eigenvalue weighted by atomic mass is 10.1. The van der Waals surface area contributed by atoms with Crippen LogP contribution < -0.4 is 0 Å². The third-order valence-electron chi connectivity index (χ3n) is 4.49. The van der Waals surface area contributed by atoms with Crippen molar-refractivity contribution in [3.8, 4) is 0 Å². The first-order valence-electron chi connectivity index (χ1n) is 7.91. The Labute approximate surface area is 136 Å². The van der Waals surface area contributed by atoms with Crippen molar-refractivity contribution >= 4 is 5.91 Å². The summed E-state index contributed by atoms with van der Waals surface area (Å²) in [6.07, 6.45) is 5.95. The van der Waals surface area contributed by atoms with Gasteiger partial charge < -0.3 is 9.47 Å². The van der Waals surface area contributed by atoms with Crippen LogP contribution in [0.4, 0.5) is 0 Å². The first kappa shape index (κ1) is 15.7. The van der Waals surface area contributed by atoms with Gasteiger partial charge in [0.2, 0.25) is 5.91 Å². The highest BCUT2D eigenvalue weighted by Crippen LogP contribution is 2.22. The van der Waals surface area contributed by atoms with Crippen LogP contribution >= 0.6 is 0 Å². The molecular weight excluding hydrogens is 290 g/mol. The third kappa shape index (κ3) is 3.42. The fourth-order valence-electron chi connectivity index (χ4n) is 2.97. The molecule has 0 bridgehead atoms. The van der Waals surface area contributed by atoms with E-state index in [4.69, 9.17) is 0 Å². The van der Waals surface area contributed by atoms with Crippen LogP contribution in [0.15, 0.2) is 30.7 Å². The second kappa shape index (κ2) is 6.50. The van der Waals surface area contributed by atoms with Gasteiger partial charge >= 0.3 is 0 Å². The Balaban J connectivity index is 1.69. The Morgan fingerprint density at radius 2 is 2.09 bits per heavy atom. The molecule has 0 spiro atoms. The van der Waals surface area contributed by atoms with Crippen molar-refractivity contribution in [1.82, 2.24) is 24.3 Å². The molecule has 0 radical (unpaired) electrons. The number of amides is 1. The Bertz CT molecular complexity index is 679. The van der Waals surface area contributed by atoms with Gasteiger partial charge in [0.05, 0.1) is 12.5 Å². The summed E-state index contributed by atoms with van der Waals surface area (Å²) in [7, 11) is 4.08. The summed E-state index contributed by atoms with van der Waals surface area (Å²) < 4.78 is 2.03. The lowest BCUT2D eigenvalue weighted by Gasteiger charge is -2.39. The molecule has 122 valence electrons. The van der Waals surface area contributed by atoms with Crippen molar-refractivity contribution in [2.75, 3.05) is 26.7 Å². The zero-order valence-electron chi connectivity index (χ0n) is 13.9. The van der Waals surface area contributed by atoms with Crippen molar-refractivity contribution in [2.24, 2.45) is 7.05 Å². The van der Waals surface area contributed by atoms with E-state index >= 15 is 0 Å². The Kier molecular flexibility index (Phi) is 4.43. The molecule has 0 aliphatic carbocycles. The molecule has 3 heterocycles. The summed E-state index contributed by atoms with van der Waals surface area (Å²) in [5.41, 5.74) is 1.93. The predicted molar refractivity (Wildman–Crippen MR) is 87.8 cm³/mol. The van der Waals surface area contributed by atoms with Gasteiger partial charge in [-0.2, -0.15) is 0 Å². The Morgan fingerprint density at radius 1 is 1.26 bits per heavy atom. The maximum absolute atomic E-state index is 12.6. The molecule has 6 nitrogen and oxygen atoms in total. The fourth-order valence-corrected chi connectivity index (χ4v) is 2.97. The van der Waals surface area contributed by atoms with Crippen LogP contribution in [0.1, 0.15) is 23.1 Å². The number of aromatic nitrogens is 3. The summed E-state index contributed by atoms with van der Waals surface area (Å²) in [6.45, 7) is 4.24. The number of hydrogen-bond donors (Lipinski definition) is 0. The number of aryl methyl sites for hydroxylation is 2. The van der Waals surface area contributed by atoms with Crippen LogP contribution in [0.25, 0.3) is 0 Å². The molecule has 1 amide bonds. The summed E-state index contributed by atoms with van der Waals surface area (Å²) in [4.78, 5) is 25.5.